The smallest absolute Gasteiger partial charge is 0.405 e. The molecule has 2 aromatic heterocycles. The molecule has 2 aliphatic rings. The molecule has 0 radical (unpaired) electrons. The zero-order valence-electron chi connectivity index (χ0n) is 35.3. The Morgan fingerprint density at radius 1 is 0.909 bits per heavy atom. The molecule has 0 unspecified atom stereocenters. The second-order valence-corrected chi connectivity index (χ2v) is 17.3. The summed E-state index contributed by atoms with van der Waals surface area (Å²) < 4.78 is 51.5. The number of hydrogen-bond donors (Lipinski definition) is 8. The maximum absolute atomic E-state index is 14.9. The van der Waals surface area contributed by atoms with Crippen LogP contribution >= 0.6 is 0 Å². The van der Waals surface area contributed by atoms with Crippen molar-refractivity contribution in [1.29, 1.82) is 0 Å². The number of hydrogen-bond acceptors (Lipinski definition) is 12. The van der Waals surface area contributed by atoms with E-state index in [1.165, 1.54) is 47.0 Å². The van der Waals surface area contributed by atoms with Crippen LogP contribution in [0.5, 0.6) is 0 Å². The predicted octanol–water partition coefficient (Wildman–Crippen LogP) is 1.17. The first-order chi connectivity index (χ1) is 31.4. The molecular formula is C44H43FN8O12S. The number of amides is 5. The average Bonchev–Trinajstić information content (AvgIpc) is 3.66. The number of carboxylic acid groups (broad SMARTS) is 1. The Morgan fingerprint density at radius 3 is 2.30 bits per heavy atom. The number of rotatable bonds is 16. The average molecular weight is 927 g/mol. The van der Waals surface area contributed by atoms with E-state index in [1.807, 2.05) is 5.32 Å². The van der Waals surface area contributed by atoms with E-state index < -0.39 is 88.4 Å². The van der Waals surface area contributed by atoms with Gasteiger partial charge in [0.05, 0.1) is 53.5 Å². The number of nitrogens with zero attached hydrogens (tertiary/aromatic N) is 2. The van der Waals surface area contributed by atoms with Crippen molar-refractivity contribution in [1.82, 2.24) is 35.5 Å². The minimum Gasteiger partial charge on any atom is -0.465 e. The first-order valence-corrected chi connectivity index (χ1v) is 21.9. The van der Waals surface area contributed by atoms with E-state index in [1.54, 1.807) is 44.2 Å². The van der Waals surface area contributed by atoms with E-state index in [4.69, 9.17) is 9.84 Å². The number of carbonyl (C=O) groups excluding carboxylic acids is 5. The highest BCUT2D eigenvalue weighted by atomic mass is 32.2. The molecule has 7 rings (SSSR count). The fourth-order valence-corrected chi connectivity index (χ4v) is 8.65. The van der Waals surface area contributed by atoms with Crippen LogP contribution in [-0.4, -0.2) is 89.5 Å². The van der Waals surface area contributed by atoms with E-state index in [0.717, 1.165) is 0 Å². The molecule has 0 aliphatic carbocycles. The molecule has 344 valence electrons. The molecule has 8 N–H and O–H groups in total. The fourth-order valence-electron chi connectivity index (χ4n) is 7.66. The summed E-state index contributed by atoms with van der Waals surface area (Å²) in [6.45, 7) is 0.712. The highest BCUT2D eigenvalue weighted by Crippen LogP contribution is 2.40. The van der Waals surface area contributed by atoms with Crippen molar-refractivity contribution >= 4 is 62.3 Å². The van der Waals surface area contributed by atoms with Crippen LogP contribution in [0.1, 0.15) is 46.7 Å². The molecule has 5 amide bonds. The van der Waals surface area contributed by atoms with Gasteiger partial charge in [-0.25, -0.2) is 32.1 Å². The largest absolute Gasteiger partial charge is 0.465 e. The molecule has 3 aromatic carbocycles. The first kappa shape index (κ1) is 46.4. The van der Waals surface area contributed by atoms with Gasteiger partial charge >= 0.3 is 12.1 Å². The molecular weight excluding hydrogens is 884 g/mol. The van der Waals surface area contributed by atoms with Crippen LogP contribution in [0, 0.1) is 12.7 Å². The lowest BCUT2D eigenvalue weighted by molar-refractivity contribution is -0.172. The number of pyridine rings is 2. The summed E-state index contributed by atoms with van der Waals surface area (Å²) in [5.74, 6) is -4.41. The summed E-state index contributed by atoms with van der Waals surface area (Å²) in [5, 5.41) is 32.0. The van der Waals surface area contributed by atoms with Gasteiger partial charge in [0.1, 0.15) is 18.5 Å². The second-order valence-electron chi connectivity index (χ2n) is 15.5. The maximum atomic E-state index is 14.9. The van der Waals surface area contributed by atoms with E-state index in [-0.39, 0.29) is 76.7 Å². The minimum atomic E-state index is -4.26. The summed E-state index contributed by atoms with van der Waals surface area (Å²) in [4.78, 5) is 92.2. The summed E-state index contributed by atoms with van der Waals surface area (Å²) >= 11 is 0. The first-order valence-electron chi connectivity index (χ1n) is 20.4. The maximum Gasteiger partial charge on any atom is 0.405 e. The molecule has 5 aromatic rings. The molecule has 20 nitrogen and oxygen atoms in total. The number of aryl methyl sites for hydroxylation is 1. The molecule has 0 spiro atoms. The summed E-state index contributed by atoms with van der Waals surface area (Å²) in [6.07, 6.45) is -1.48. The van der Waals surface area contributed by atoms with Crippen LogP contribution in [-0.2, 0) is 70.5 Å². The van der Waals surface area contributed by atoms with Gasteiger partial charge in [0.2, 0.25) is 33.7 Å². The lowest BCUT2D eigenvalue weighted by Crippen LogP contribution is -2.52. The van der Waals surface area contributed by atoms with Crippen molar-refractivity contribution in [3.8, 4) is 11.4 Å². The Labute approximate surface area is 375 Å². The van der Waals surface area contributed by atoms with Gasteiger partial charge in [-0.3, -0.25) is 24.0 Å². The Morgan fingerprint density at radius 2 is 1.61 bits per heavy atom. The predicted molar refractivity (Wildman–Crippen MR) is 232 cm³/mol. The number of cyclic esters (lactones) is 1. The number of aromatic nitrogens is 2. The molecule has 0 saturated heterocycles. The van der Waals surface area contributed by atoms with Crippen molar-refractivity contribution in [3.63, 3.8) is 0 Å². The Kier molecular flexibility index (Phi) is 13.3. The van der Waals surface area contributed by atoms with E-state index in [2.05, 4.69) is 31.0 Å². The quantitative estimate of drug-likeness (QED) is 0.0634. The molecule has 0 bridgehead atoms. The van der Waals surface area contributed by atoms with Crippen molar-refractivity contribution in [3.05, 3.63) is 122 Å². The highest BCUT2D eigenvalue weighted by molar-refractivity contribution is 7.89. The van der Waals surface area contributed by atoms with Gasteiger partial charge in [-0.05, 0) is 66.4 Å². The fraction of sp³-hybridized carbons (Fsp3) is 0.273. The van der Waals surface area contributed by atoms with Gasteiger partial charge in [-0.2, -0.15) is 0 Å². The van der Waals surface area contributed by atoms with Gasteiger partial charge in [0, 0.05) is 41.2 Å². The number of nitrogens with one attached hydrogen (secondary N) is 6. The summed E-state index contributed by atoms with van der Waals surface area (Å²) in [7, 11) is -4.26. The van der Waals surface area contributed by atoms with Crippen LogP contribution in [0.4, 0.5) is 14.9 Å². The van der Waals surface area contributed by atoms with Crippen molar-refractivity contribution < 1.29 is 56.5 Å². The number of sulfonamides is 1. The highest BCUT2D eigenvalue weighted by Gasteiger charge is 2.45. The molecule has 2 aliphatic heterocycles. The second kappa shape index (κ2) is 18.9. The number of aliphatic hydroxyl groups is 1. The van der Waals surface area contributed by atoms with Crippen LogP contribution in [0.2, 0.25) is 0 Å². The Hall–Kier alpha value is -7.56. The molecule has 0 fully saturated rings. The van der Waals surface area contributed by atoms with Gasteiger partial charge in [-0.1, -0.05) is 37.3 Å². The van der Waals surface area contributed by atoms with E-state index in [0.29, 0.717) is 22.1 Å². The number of benzene rings is 3. The Balaban J connectivity index is 1.03. The van der Waals surface area contributed by atoms with Crippen LogP contribution < -0.4 is 36.9 Å². The lowest BCUT2D eigenvalue weighted by atomic mass is 9.86. The standard InChI is InChI=1S/C44H43FN8O12S/c1-3-44(62)31-15-35-39-29(21-53(35)41(58)30(31)22-65-42(44)59)28(27-13-23(2)32(45)16-33(27)52-39)17-49-66(63,64)26-11-9-25(10-12-26)50-37(55)20-47-40(57)34(14-24-7-5-4-6-8-24)51-38(56)19-46-36(54)18-48-43(60)61/h4-13,15-16,34,48-49,62H,3,14,17-22H2,1-2H3,(H,46,54)(H,47,57)(H,50,55)(H,51,56)(H,60,61)/t34-,44-/m0/s1. The third kappa shape index (κ3) is 9.74. The van der Waals surface area contributed by atoms with Crippen molar-refractivity contribution in [2.75, 3.05) is 25.0 Å². The molecule has 66 heavy (non-hydrogen) atoms. The summed E-state index contributed by atoms with van der Waals surface area (Å²) in [6, 6.07) is 16.9. The lowest BCUT2D eigenvalue weighted by Gasteiger charge is -2.31. The molecule has 0 saturated carbocycles. The third-order valence-corrected chi connectivity index (χ3v) is 12.6. The zero-order chi connectivity index (χ0) is 47.5. The zero-order valence-corrected chi connectivity index (χ0v) is 36.1. The number of carbonyl (C=O) groups is 6. The number of esters is 1. The van der Waals surface area contributed by atoms with E-state index >= 15 is 0 Å². The monoisotopic (exact) mass is 926 g/mol. The number of anilines is 1. The minimum absolute atomic E-state index is 0.0230. The van der Waals surface area contributed by atoms with Gasteiger partial charge < -0.3 is 46.1 Å². The number of halogens is 1. The van der Waals surface area contributed by atoms with E-state index in [9.17, 15) is 51.5 Å². The topological polar surface area (TPSA) is 293 Å². The van der Waals surface area contributed by atoms with Crippen molar-refractivity contribution in [2.24, 2.45) is 0 Å². The van der Waals surface area contributed by atoms with Crippen LogP contribution in [0.15, 0.2) is 82.5 Å². The SMILES string of the molecule is CC[C@@]1(O)C(=O)OCc2c1cc1n(c2=O)Cc2c-1nc1cc(F)c(C)cc1c2CNS(=O)(=O)c1ccc(NC(=O)CNC(=O)[C@H](Cc2ccccc2)NC(=O)CNC(=O)CNC(=O)O)cc1. The summed E-state index contributed by atoms with van der Waals surface area (Å²) in [5.41, 5.74) is 0.254. The van der Waals surface area contributed by atoms with Gasteiger partial charge in [0.15, 0.2) is 5.60 Å². The third-order valence-electron chi connectivity index (χ3n) is 11.2. The Bertz CT molecular complexity index is 2980. The van der Waals surface area contributed by atoms with Crippen LogP contribution in [0.3, 0.4) is 0 Å². The normalized spacial score (nSPS) is 15.4. The molecule has 22 heteroatoms. The van der Waals surface area contributed by atoms with Crippen molar-refractivity contribution in [2.45, 2.75) is 62.9 Å². The number of fused-ring (bicyclic) bond motifs is 5. The number of ether oxygens (including phenoxy) is 1. The van der Waals surface area contributed by atoms with Gasteiger partial charge in [-0.15, -0.1) is 0 Å². The van der Waals surface area contributed by atoms with Crippen LogP contribution in [0.25, 0.3) is 22.3 Å². The van der Waals surface area contributed by atoms with Gasteiger partial charge in [0.25, 0.3) is 5.56 Å². The molecule has 4 heterocycles. The molecule has 2 atom stereocenters.